The van der Waals surface area contributed by atoms with Crippen molar-refractivity contribution in [2.45, 2.75) is 11.1 Å². The molecule has 0 bridgehead atoms. The number of aromatic nitrogens is 1. The monoisotopic (exact) mass is 375 g/mol. The minimum Gasteiger partial charge on any atom is -0.266 e. The van der Waals surface area contributed by atoms with Crippen LogP contribution in [0.15, 0.2) is 55.7 Å². The van der Waals surface area contributed by atoms with Gasteiger partial charge in [-0.05, 0) is 12.1 Å². The van der Waals surface area contributed by atoms with Crippen LogP contribution in [0.1, 0.15) is 0 Å². The van der Waals surface area contributed by atoms with Crippen molar-refractivity contribution in [3.05, 3.63) is 41.3 Å². The van der Waals surface area contributed by atoms with Gasteiger partial charge in [0.05, 0.1) is 16.3 Å². The number of allylic oxidation sites excluding steroid dienone is 2. The number of hydrogen-bond donors (Lipinski definition) is 0. The highest BCUT2D eigenvalue weighted by Crippen LogP contribution is 2.39. The predicted octanol–water partition coefficient (Wildman–Crippen LogP) is 2.16. The molecule has 0 spiro atoms. The number of halogens is 4. The van der Waals surface area contributed by atoms with E-state index in [4.69, 9.17) is 11.6 Å². The molecular formula is C12H5ClF3N5O2S. The normalized spacial score (nSPS) is 21.2. The summed E-state index contributed by atoms with van der Waals surface area (Å²) in [5.41, 5.74) is -0.919. The van der Waals surface area contributed by atoms with Crippen molar-refractivity contribution < 1.29 is 21.6 Å². The van der Waals surface area contributed by atoms with Crippen LogP contribution >= 0.6 is 11.6 Å². The molecule has 4 rings (SSSR count). The summed E-state index contributed by atoms with van der Waals surface area (Å²) in [6.07, 6.45) is -0.807. The van der Waals surface area contributed by atoms with Crippen LogP contribution in [0.25, 0.3) is 0 Å². The quantitative estimate of drug-likeness (QED) is 0.694. The fraction of sp³-hybridized carbons (Fsp3) is 0.0833. The lowest BCUT2D eigenvalue weighted by Crippen LogP contribution is -2.39. The molecule has 24 heavy (non-hydrogen) atoms. The Morgan fingerprint density at radius 3 is 2.71 bits per heavy atom. The molecule has 12 heteroatoms. The SMILES string of the molecule is O=S1(=O)N=C2N3C=C(C(F)(F)F)C=C(Cl)C3=NN2c2ccncc21. The first kappa shape index (κ1) is 15.1. The van der Waals surface area contributed by atoms with Gasteiger partial charge in [-0.15, -0.1) is 9.50 Å². The van der Waals surface area contributed by atoms with Crippen molar-refractivity contribution in [3.8, 4) is 0 Å². The molecule has 0 N–H and O–H groups in total. The number of alkyl halides is 3. The van der Waals surface area contributed by atoms with Crippen molar-refractivity contribution in [1.82, 2.24) is 9.88 Å². The van der Waals surface area contributed by atoms with E-state index in [2.05, 4.69) is 14.5 Å². The van der Waals surface area contributed by atoms with E-state index in [-0.39, 0.29) is 27.4 Å². The Kier molecular flexibility index (Phi) is 2.89. The third-order valence-electron chi connectivity index (χ3n) is 3.39. The number of anilines is 1. The van der Waals surface area contributed by atoms with Crippen molar-refractivity contribution in [1.29, 1.82) is 0 Å². The predicted molar refractivity (Wildman–Crippen MR) is 78.7 cm³/mol. The van der Waals surface area contributed by atoms with Crippen LogP contribution in [0.3, 0.4) is 0 Å². The molecule has 0 unspecified atom stereocenters. The number of pyridine rings is 1. The molecule has 0 atom stereocenters. The lowest BCUT2D eigenvalue weighted by Gasteiger charge is -2.26. The van der Waals surface area contributed by atoms with E-state index in [9.17, 15) is 21.6 Å². The van der Waals surface area contributed by atoms with Gasteiger partial charge in [0.1, 0.15) is 4.90 Å². The third-order valence-corrected chi connectivity index (χ3v) is 4.94. The van der Waals surface area contributed by atoms with Crippen LogP contribution in [-0.2, 0) is 10.0 Å². The zero-order chi connectivity index (χ0) is 17.3. The van der Waals surface area contributed by atoms with E-state index in [0.29, 0.717) is 6.20 Å². The first-order chi connectivity index (χ1) is 11.2. The molecule has 0 saturated carbocycles. The maximum absolute atomic E-state index is 13.0. The average molecular weight is 376 g/mol. The third kappa shape index (κ3) is 2.04. The Morgan fingerprint density at radius 2 is 2.00 bits per heavy atom. The smallest absolute Gasteiger partial charge is 0.266 e. The topological polar surface area (TPSA) is 78.2 Å². The van der Waals surface area contributed by atoms with E-state index in [1.165, 1.54) is 12.3 Å². The summed E-state index contributed by atoms with van der Waals surface area (Å²) in [6.45, 7) is 0. The summed E-state index contributed by atoms with van der Waals surface area (Å²) in [6, 6.07) is 1.37. The van der Waals surface area contributed by atoms with E-state index in [0.717, 1.165) is 22.2 Å². The number of hydrazone groups is 1. The van der Waals surface area contributed by atoms with Crippen LogP contribution in [0.5, 0.6) is 0 Å². The minimum atomic E-state index is -4.66. The number of amidine groups is 1. The van der Waals surface area contributed by atoms with Gasteiger partial charge in [-0.3, -0.25) is 9.88 Å². The highest BCUT2D eigenvalue weighted by Gasteiger charge is 2.44. The van der Waals surface area contributed by atoms with Gasteiger partial charge in [-0.2, -0.15) is 26.6 Å². The van der Waals surface area contributed by atoms with Crippen molar-refractivity contribution in [2.75, 3.05) is 5.01 Å². The standard InChI is InChI=1S/C12H5ClF3N5O2S/c13-7-3-6(12(14,15)16)5-20-10(7)18-21-8-1-2-17-4-9(8)24(22,23)19-11(20)21/h1-5H. The van der Waals surface area contributed by atoms with Gasteiger partial charge in [-0.1, -0.05) is 11.6 Å². The first-order valence-electron chi connectivity index (χ1n) is 6.32. The van der Waals surface area contributed by atoms with Crippen molar-refractivity contribution in [2.24, 2.45) is 9.50 Å². The van der Waals surface area contributed by atoms with Crippen LogP contribution in [-0.4, -0.2) is 36.3 Å². The maximum Gasteiger partial charge on any atom is 0.417 e. The van der Waals surface area contributed by atoms with Crippen LogP contribution < -0.4 is 5.01 Å². The number of sulfonamides is 1. The van der Waals surface area contributed by atoms with Gasteiger partial charge < -0.3 is 0 Å². The van der Waals surface area contributed by atoms with Crippen LogP contribution in [0, 0.1) is 0 Å². The van der Waals surface area contributed by atoms with Gasteiger partial charge in [0.2, 0.25) is 5.96 Å². The second-order valence-electron chi connectivity index (χ2n) is 4.89. The first-order valence-corrected chi connectivity index (χ1v) is 8.14. The molecule has 3 aliphatic rings. The molecule has 0 saturated heterocycles. The van der Waals surface area contributed by atoms with Gasteiger partial charge in [0.25, 0.3) is 10.0 Å². The second kappa shape index (κ2) is 4.57. The van der Waals surface area contributed by atoms with E-state index < -0.39 is 21.8 Å². The van der Waals surface area contributed by atoms with E-state index in [1.54, 1.807) is 0 Å². The van der Waals surface area contributed by atoms with E-state index in [1.807, 2.05) is 0 Å². The zero-order valence-corrected chi connectivity index (χ0v) is 12.9. The molecule has 0 aliphatic carbocycles. The Labute approximate surface area is 138 Å². The molecule has 124 valence electrons. The fourth-order valence-corrected chi connectivity index (χ4v) is 3.68. The van der Waals surface area contributed by atoms with Gasteiger partial charge in [0, 0.05) is 18.6 Å². The minimum absolute atomic E-state index is 0.0525. The molecule has 0 aromatic carbocycles. The second-order valence-corrected chi connectivity index (χ2v) is 6.87. The van der Waals surface area contributed by atoms with Crippen molar-refractivity contribution in [3.63, 3.8) is 0 Å². The summed E-state index contributed by atoms with van der Waals surface area (Å²) in [5, 5.41) is 4.91. The number of fused-ring (bicyclic) bond motifs is 5. The molecule has 0 radical (unpaired) electrons. The molecule has 0 fully saturated rings. The van der Waals surface area contributed by atoms with Gasteiger partial charge >= 0.3 is 6.18 Å². The number of rotatable bonds is 0. The molecule has 3 aliphatic heterocycles. The Morgan fingerprint density at radius 1 is 1.25 bits per heavy atom. The summed E-state index contributed by atoms with van der Waals surface area (Å²) < 4.78 is 66.9. The fourth-order valence-electron chi connectivity index (χ4n) is 2.35. The number of guanidine groups is 1. The molecule has 1 aromatic heterocycles. The van der Waals surface area contributed by atoms with Gasteiger partial charge in [0.15, 0.2) is 5.84 Å². The molecular weight excluding hydrogens is 371 g/mol. The lowest BCUT2D eigenvalue weighted by molar-refractivity contribution is -0.0889. The summed E-state index contributed by atoms with van der Waals surface area (Å²) in [7, 11) is -4.12. The Balaban J connectivity index is 1.93. The summed E-state index contributed by atoms with van der Waals surface area (Å²) >= 11 is 5.89. The zero-order valence-electron chi connectivity index (χ0n) is 11.4. The lowest BCUT2D eigenvalue weighted by atomic mass is 10.2. The van der Waals surface area contributed by atoms with Crippen LogP contribution in [0.4, 0.5) is 18.9 Å². The highest BCUT2D eigenvalue weighted by atomic mass is 35.5. The van der Waals surface area contributed by atoms with Crippen LogP contribution in [0.2, 0.25) is 0 Å². The van der Waals surface area contributed by atoms with Gasteiger partial charge in [-0.25, -0.2) is 0 Å². The molecule has 0 amide bonds. The summed E-state index contributed by atoms with van der Waals surface area (Å²) in [5.74, 6) is -0.361. The Bertz CT molecular complexity index is 996. The number of nitrogens with zero attached hydrogens (tertiary/aromatic N) is 5. The van der Waals surface area contributed by atoms with Crippen molar-refractivity contribution >= 4 is 39.1 Å². The molecule has 4 heterocycles. The summed E-state index contributed by atoms with van der Waals surface area (Å²) in [4.78, 5) is 4.42. The maximum atomic E-state index is 13.0. The number of hydrogen-bond acceptors (Lipinski definition) is 6. The molecule has 7 nitrogen and oxygen atoms in total. The Hall–Kier alpha value is -2.40. The highest BCUT2D eigenvalue weighted by molar-refractivity contribution is 7.90. The largest absolute Gasteiger partial charge is 0.417 e. The molecule has 1 aromatic rings. The average Bonchev–Trinajstić information content (AvgIpc) is 2.85. The van der Waals surface area contributed by atoms with E-state index >= 15 is 0 Å².